The largest absolute Gasteiger partial charge is 0.444 e. The summed E-state index contributed by atoms with van der Waals surface area (Å²) in [6.07, 6.45) is 0.491. The number of ether oxygens (including phenoxy) is 3. The third-order valence-electron chi connectivity index (χ3n) is 3.56. The van der Waals surface area contributed by atoms with Crippen molar-refractivity contribution in [1.29, 1.82) is 0 Å². The van der Waals surface area contributed by atoms with Crippen LogP contribution in [0.5, 0.6) is 0 Å². The van der Waals surface area contributed by atoms with E-state index in [4.69, 9.17) is 14.2 Å². The monoisotopic (exact) mass is 422 g/mol. The molecule has 0 bridgehead atoms. The van der Waals surface area contributed by atoms with E-state index < -0.39 is 17.8 Å². The minimum atomic E-state index is -0.589. The van der Waals surface area contributed by atoms with E-state index in [1.165, 1.54) is 0 Å². The lowest BCUT2D eigenvalue weighted by molar-refractivity contribution is 0.0527. The summed E-state index contributed by atoms with van der Waals surface area (Å²) in [5, 5.41) is 8.39. The number of nitrogens with one attached hydrogen (secondary N) is 3. The number of methoxy groups -OCH3 is 1. The van der Waals surface area contributed by atoms with E-state index in [2.05, 4.69) is 20.9 Å². The molecule has 0 spiro atoms. The smallest absolute Gasteiger partial charge is 0.414 e. The predicted octanol–water partition coefficient (Wildman–Crippen LogP) is 2.81. The van der Waals surface area contributed by atoms with Crippen molar-refractivity contribution in [3.8, 4) is 0 Å². The van der Waals surface area contributed by atoms with E-state index in [1.54, 1.807) is 7.11 Å². The molecule has 0 radical (unpaired) electrons. The molecule has 0 aliphatic rings. The molecule has 0 saturated carbocycles. The number of hydrogen-bond acceptors (Lipinski definition) is 6. The second-order valence-electron chi connectivity index (χ2n) is 7.47. The van der Waals surface area contributed by atoms with Crippen LogP contribution in [-0.4, -0.2) is 57.1 Å². The van der Waals surface area contributed by atoms with Gasteiger partial charge in [-0.3, -0.25) is 10.3 Å². The molecular formula is C21H34N4O5. The lowest BCUT2D eigenvalue weighted by atomic mass is 10.2. The van der Waals surface area contributed by atoms with Gasteiger partial charge in [-0.05, 0) is 39.2 Å². The van der Waals surface area contributed by atoms with Gasteiger partial charge in [0.05, 0.1) is 13.2 Å². The number of hydrogen-bond donors (Lipinski definition) is 3. The summed E-state index contributed by atoms with van der Waals surface area (Å²) in [6.45, 7) is 7.54. The lowest BCUT2D eigenvalue weighted by Crippen LogP contribution is -2.42. The van der Waals surface area contributed by atoms with Crippen molar-refractivity contribution >= 4 is 18.1 Å². The molecule has 0 saturated heterocycles. The standard InChI is InChI=1S/C21H34N4O5/c1-21(2,3)30-19(26)24-13-9-8-12-22-18(23-14-15-28-4)25-20(27)29-16-17-10-6-5-7-11-17/h5-7,10-11H,8-9,12-16H2,1-4H3,(H,24,26)(H2,22,23,25,27). The summed E-state index contributed by atoms with van der Waals surface area (Å²) in [5.74, 6) is 0.324. The van der Waals surface area contributed by atoms with Crippen LogP contribution in [0.1, 0.15) is 39.2 Å². The predicted molar refractivity (Wildman–Crippen MR) is 115 cm³/mol. The van der Waals surface area contributed by atoms with Crippen molar-refractivity contribution in [1.82, 2.24) is 16.0 Å². The number of guanidine groups is 1. The number of aliphatic imine (C=N–C) groups is 1. The van der Waals surface area contributed by atoms with Crippen molar-refractivity contribution in [2.75, 3.05) is 33.4 Å². The second-order valence-corrected chi connectivity index (χ2v) is 7.47. The van der Waals surface area contributed by atoms with E-state index in [0.29, 0.717) is 32.2 Å². The van der Waals surface area contributed by atoms with Crippen LogP contribution in [-0.2, 0) is 20.8 Å². The van der Waals surface area contributed by atoms with Crippen LogP contribution in [0, 0.1) is 0 Å². The van der Waals surface area contributed by atoms with Crippen LogP contribution >= 0.6 is 0 Å². The Morgan fingerprint density at radius 3 is 2.30 bits per heavy atom. The number of unbranched alkanes of at least 4 members (excludes halogenated alkanes) is 1. The normalized spacial score (nSPS) is 11.5. The zero-order valence-electron chi connectivity index (χ0n) is 18.3. The number of nitrogens with zero attached hydrogens (tertiary/aromatic N) is 1. The minimum absolute atomic E-state index is 0.175. The molecule has 2 amide bonds. The van der Waals surface area contributed by atoms with Gasteiger partial charge in [0.25, 0.3) is 0 Å². The van der Waals surface area contributed by atoms with Gasteiger partial charge in [-0.15, -0.1) is 0 Å². The first-order chi connectivity index (χ1) is 14.3. The molecule has 1 aromatic rings. The molecule has 3 N–H and O–H groups in total. The number of amides is 2. The van der Waals surface area contributed by atoms with Crippen LogP contribution in [0.2, 0.25) is 0 Å². The molecule has 168 valence electrons. The first kappa shape index (κ1) is 25.2. The first-order valence-electron chi connectivity index (χ1n) is 10.0. The topological polar surface area (TPSA) is 110 Å². The molecule has 0 aliphatic heterocycles. The number of carbonyl (C=O) groups excluding carboxylic acids is 2. The fraction of sp³-hybridized carbons (Fsp3) is 0.571. The molecule has 0 fully saturated rings. The number of rotatable bonds is 10. The van der Waals surface area contributed by atoms with Crippen molar-refractivity contribution in [2.45, 2.75) is 45.8 Å². The molecule has 0 heterocycles. The van der Waals surface area contributed by atoms with Gasteiger partial charge >= 0.3 is 12.2 Å². The molecular weight excluding hydrogens is 388 g/mol. The Bertz CT molecular complexity index is 659. The maximum Gasteiger partial charge on any atom is 0.414 e. The van der Waals surface area contributed by atoms with E-state index in [-0.39, 0.29) is 6.61 Å². The van der Waals surface area contributed by atoms with Gasteiger partial charge in [-0.25, -0.2) is 9.59 Å². The highest BCUT2D eigenvalue weighted by atomic mass is 16.6. The fourth-order valence-corrected chi connectivity index (χ4v) is 2.21. The molecule has 1 aromatic carbocycles. The van der Waals surface area contributed by atoms with E-state index in [0.717, 1.165) is 18.4 Å². The first-order valence-corrected chi connectivity index (χ1v) is 10.0. The Morgan fingerprint density at radius 1 is 1.00 bits per heavy atom. The molecule has 0 aliphatic carbocycles. The van der Waals surface area contributed by atoms with Gasteiger partial charge in [0, 0.05) is 20.2 Å². The summed E-state index contributed by atoms with van der Waals surface area (Å²) < 4.78 is 15.4. The number of benzene rings is 1. The Labute approximate surface area is 178 Å². The summed E-state index contributed by atoms with van der Waals surface area (Å²) in [6, 6.07) is 9.42. The van der Waals surface area contributed by atoms with Gasteiger partial charge in [-0.2, -0.15) is 0 Å². The third-order valence-corrected chi connectivity index (χ3v) is 3.56. The van der Waals surface area contributed by atoms with Gasteiger partial charge in [0.1, 0.15) is 12.2 Å². The minimum Gasteiger partial charge on any atom is -0.444 e. The Balaban J connectivity index is 2.31. The summed E-state index contributed by atoms with van der Waals surface area (Å²) >= 11 is 0. The zero-order chi connectivity index (χ0) is 22.2. The molecule has 0 aromatic heterocycles. The van der Waals surface area contributed by atoms with Crippen LogP contribution in [0.3, 0.4) is 0 Å². The highest BCUT2D eigenvalue weighted by molar-refractivity contribution is 5.93. The molecule has 9 nitrogen and oxygen atoms in total. The van der Waals surface area contributed by atoms with Crippen molar-refractivity contribution in [2.24, 2.45) is 4.99 Å². The average molecular weight is 423 g/mol. The SMILES string of the molecule is COCC/N=C(\NCCCCNC(=O)OC(C)(C)C)NC(=O)OCc1ccccc1. The zero-order valence-corrected chi connectivity index (χ0v) is 18.3. The second kappa shape index (κ2) is 14.2. The Hall–Kier alpha value is -2.81. The Kier molecular flexibility index (Phi) is 12.0. The van der Waals surface area contributed by atoms with Crippen molar-refractivity contribution < 1.29 is 23.8 Å². The highest BCUT2D eigenvalue weighted by Crippen LogP contribution is 2.06. The molecule has 30 heavy (non-hydrogen) atoms. The number of carbonyl (C=O) groups is 2. The molecule has 9 heteroatoms. The third kappa shape index (κ3) is 13.4. The average Bonchev–Trinajstić information content (AvgIpc) is 2.68. The van der Waals surface area contributed by atoms with Gasteiger partial charge < -0.3 is 24.8 Å². The van der Waals surface area contributed by atoms with E-state index in [9.17, 15) is 9.59 Å². The number of alkyl carbamates (subject to hydrolysis) is 2. The van der Waals surface area contributed by atoms with E-state index in [1.807, 2.05) is 51.1 Å². The van der Waals surface area contributed by atoms with Crippen LogP contribution < -0.4 is 16.0 Å². The molecule has 1 rings (SSSR count). The maximum absolute atomic E-state index is 12.0. The van der Waals surface area contributed by atoms with Crippen molar-refractivity contribution in [3.63, 3.8) is 0 Å². The fourth-order valence-electron chi connectivity index (χ4n) is 2.21. The summed E-state index contributed by atoms with van der Waals surface area (Å²) in [4.78, 5) is 27.9. The van der Waals surface area contributed by atoms with E-state index >= 15 is 0 Å². The summed E-state index contributed by atoms with van der Waals surface area (Å²) in [7, 11) is 1.59. The van der Waals surface area contributed by atoms with Gasteiger partial charge in [0.15, 0.2) is 0 Å². The maximum atomic E-state index is 12.0. The highest BCUT2D eigenvalue weighted by Gasteiger charge is 2.15. The van der Waals surface area contributed by atoms with Crippen LogP contribution in [0.25, 0.3) is 0 Å². The van der Waals surface area contributed by atoms with Gasteiger partial charge in [0.2, 0.25) is 5.96 Å². The van der Waals surface area contributed by atoms with Gasteiger partial charge in [-0.1, -0.05) is 30.3 Å². The lowest BCUT2D eigenvalue weighted by Gasteiger charge is -2.19. The van der Waals surface area contributed by atoms with Crippen LogP contribution in [0.15, 0.2) is 35.3 Å². The molecule has 0 atom stereocenters. The molecule has 0 unspecified atom stereocenters. The summed E-state index contributed by atoms with van der Waals surface area (Å²) in [5.41, 5.74) is 0.385. The van der Waals surface area contributed by atoms with Crippen molar-refractivity contribution in [3.05, 3.63) is 35.9 Å². The quantitative estimate of drug-likeness (QED) is 0.304. The Morgan fingerprint density at radius 2 is 1.67 bits per heavy atom. The van der Waals surface area contributed by atoms with Crippen LogP contribution in [0.4, 0.5) is 9.59 Å².